The Bertz CT molecular complexity index is 359. The van der Waals surface area contributed by atoms with E-state index >= 15 is 0 Å². The highest BCUT2D eigenvalue weighted by atomic mass is 16.5. The second kappa shape index (κ2) is 5.37. The lowest BCUT2D eigenvalue weighted by molar-refractivity contribution is 0.0905. The van der Waals surface area contributed by atoms with Crippen LogP contribution < -0.4 is 16.8 Å². The van der Waals surface area contributed by atoms with Crippen LogP contribution in [0.15, 0.2) is 18.2 Å². The van der Waals surface area contributed by atoms with E-state index in [-0.39, 0.29) is 11.9 Å². The van der Waals surface area contributed by atoms with Gasteiger partial charge in [-0.2, -0.15) is 0 Å². The summed E-state index contributed by atoms with van der Waals surface area (Å²) in [6, 6.07) is 4.73. The number of nitrogens with one attached hydrogen (secondary N) is 1. The zero-order chi connectivity index (χ0) is 12.1. The van der Waals surface area contributed by atoms with Crippen molar-refractivity contribution in [3.05, 3.63) is 23.8 Å². The van der Waals surface area contributed by atoms with Gasteiger partial charge in [0.15, 0.2) is 0 Å². The molecule has 0 bridgehead atoms. The minimum absolute atomic E-state index is 0.0554. The van der Waals surface area contributed by atoms with E-state index in [0.717, 1.165) is 0 Å². The van der Waals surface area contributed by atoms with Crippen molar-refractivity contribution in [3.63, 3.8) is 0 Å². The van der Waals surface area contributed by atoms with Crippen molar-refractivity contribution in [1.29, 1.82) is 0 Å². The second-order valence-electron chi connectivity index (χ2n) is 3.72. The minimum atomic E-state index is -0.205. The number of ether oxygens (including phenoxy) is 1. The minimum Gasteiger partial charge on any atom is -0.399 e. The van der Waals surface area contributed by atoms with Gasteiger partial charge in [-0.3, -0.25) is 4.79 Å². The highest BCUT2D eigenvalue weighted by Crippen LogP contribution is 2.13. The van der Waals surface area contributed by atoms with Gasteiger partial charge >= 0.3 is 0 Å². The number of benzene rings is 1. The second-order valence-corrected chi connectivity index (χ2v) is 3.72. The molecule has 0 fully saturated rings. The van der Waals surface area contributed by atoms with Crippen LogP contribution in [-0.4, -0.2) is 25.7 Å². The van der Waals surface area contributed by atoms with Gasteiger partial charge in [-0.15, -0.1) is 0 Å². The highest BCUT2D eigenvalue weighted by molar-refractivity contribution is 5.96. The van der Waals surface area contributed by atoms with Crippen molar-refractivity contribution < 1.29 is 9.53 Å². The lowest BCUT2D eigenvalue weighted by Crippen LogP contribution is -2.35. The molecule has 5 heteroatoms. The summed E-state index contributed by atoms with van der Waals surface area (Å²) in [6.45, 7) is 2.32. The molecule has 0 spiro atoms. The Morgan fingerprint density at radius 3 is 2.44 bits per heavy atom. The van der Waals surface area contributed by atoms with Crippen molar-refractivity contribution in [1.82, 2.24) is 5.32 Å². The molecule has 0 saturated carbocycles. The van der Waals surface area contributed by atoms with E-state index in [9.17, 15) is 4.79 Å². The number of rotatable bonds is 4. The number of amides is 1. The van der Waals surface area contributed by atoms with Gasteiger partial charge in [-0.25, -0.2) is 0 Å². The average Bonchev–Trinajstić information content (AvgIpc) is 2.16. The average molecular weight is 223 g/mol. The Morgan fingerprint density at radius 1 is 1.38 bits per heavy atom. The number of hydrogen-bond donors (Lipinski definition) is 3. The Kier molecular flexibility index (Phi) is 4.13. The summed E-state index contributed by atoms with van der Waals surface area (Å²) >= 11 is 0. The van der Waals surface area contributed by atoms with E-state index in [1.165, 1.54) is 0 Å². The first-order valence-electron chi connectivity index (χ1n) is 4.98. The van der Waals surface area contributed by atoms with Gasteiger partial charge in [0.1, 0.15) is 0 Å². The maximum atomic E-state index is 11.8. The van der Waals surface area contributed by atoms with E-state index in [1.807, 2.05) is 6.92 Å². The largest absolute Gasteiger partial charge is 0.399 e. The van der Waals surface area contributed by atoms with Crippen LogP contribution >= 0.6 is 0 Å². The number of hydrogen-bond acceptors (Lipinski definition) is 4. The molecule has 1 aromatic rings. The Labute approximate surface area is 94.8 Å². The smallest absolute Gasteiger partial charge is 0.251 e. The maximum absolute atomic E-state index is 11.8. The van der Waals surface area contributed by atoms with Crippen LogP contribution in [0.5, 0.6) is 0 Å². The fourth-order valence-electron chi connectivity index (χ4n) is 1.41. The van der Waals surface area contributed by atoms with Crippen molar-refractivity contribution in [3.8, 4) is 0 Å². The monoisotopic (exact) mass is 223 g/mol. The zero-order valence-electron chi connectivity index (χ0n) is 9.49. The molecule has 5 N–H and O–H groups in total. The van der Waals surface area contributed by atoms with Crippen molar-refractivity contribution >= 4 is 17.3 Å². The first-order valence-corrected chi connectivity index (χ1v) is 4.98. The van der Waals surface area contributed by atoms with Gasteiger partial charge < -0.3 is 21.5 Å². The fourth-order valence-corrected chi connectivity index (χ4v) is 1.41. The predicted molar refractivity (Wildman–Crippen MR) is 64.1 cm³/mol. The van der Waals surface area contributed by atoms with Crippen LogP contribution in [0.25, 0.3) is 0 Å². The molecule has 1 atom stereocenters. The van der Waals surface area contributed by atoms with Crippen LogP contribution in [0.3, 0.4) is 0 Å². The molecular formula is C11H17N3O2. The molecule has 0 radical (unpaired) electrons. The summed E-state index contributed by atoms with van der Waals surface area (Å²) in [6.07, 6.45) is 0. The lowest BCUT2D eigenvalue weighted by atomic mass is 10.1. The van der Waals surface area contributed by atoms with Gasteiger partial charge in [0.05, 0.1) is 6.61 Å². The topological polar surface area (TPSA) is 90.4 Å². The maximum Gasteiger partial charge on any atom is 0.251 e. The molecule has 0 aromatic heterocycles. The molecule has 88 valence electrons. The van der Waals surface area contributed by atoms with Crippen molar-refractivity contribution in [2.75, 3.05) is 25.2 Å². The van der Waals surface area contributed by atoms with Gasteiger partial charge in [0, 0.05) is 30.1 Å². The predicted octanol–water partition coefficient (Wildman–Crippen LogP) is 0.616. The molecule has 0 aliphatic heterocycles. The first kappa shape index (κ1) is 12.3. The molecule has 1 rings (SSSR count). The summed E-state index contributed by atoms with van der Waals surface area (Å²) < 4.78 is 4.92. The van der Waals surface area contributed by atoms with Gasteiger partial charge in [0.25, 0.3) is 5.91 Å². The molecule has 16 heavy (non-hydrogen) atoms. The molecule has 0 heterocycles. The SMILES string of the molecule is COCC(C)NC(=O)c1cc(N)cc(N)c1. The summed E-state index contributed by atoms with van der Waals surface area (Å²) in [5.74, 6) is -0.205. The van der Waals surface area contributed by atoms with E-state index < -0.39 is 0 Å². The molecule has 5 nitrogen and oxygen atoms in total. The molecule has 0 saturated heterocycles. The van der Waals surface area contributed by atoms with Crippen LogP contribution in [0, 0.1) is 0 Å². The fraction of sp³-hybridized carbons (Fsp3) is 0.364. The first-order chi connectivity index (χ1) is 7.52. The third kappa shape index (κ3) is 3.43. The van der Waals surface area contributed by atoms with Crippen LogP contribution in [-0.2, 0) is 4.74 Å². The number of carbonyl (C=O) groups excluding carboxylic acids is 1. The standard InChI is InChI=1S/C11H17N3O2/c1-7(6-16-2)14-11(15)8-3-9(12)5-10(13)4-8/h3-5,7H,6,12-13H2,1-2H3,(H,14,15). The number of anilines is 2. The van der Waals surface area contributed by atoms with Crippen molar-refractivity contribution in [2.24, 2.45) is 0 Å². The normalized spacial score (nSPS) is 12.1. The Balaban J connectivity index is 2.72. The molecular weight excluding hydrogens is 206 g/mol. The molecule has 0 aliphatic rings. The van der Waals surface area contributed by atoms with E-state index in [2.05, 4.69) is 5.32 Å². The lowest BCUT2D eigenvalue weighted by Gasteiger charge is -2.13. The molecule has 1 unspecified atom stereocenters. The summed E-state index contributed by atoms with van der Waals surface area (Å²) in [7, 11) is 1.58. The Morgan fingerprint density at radius 2 is 1.94 bits per heavy atom. The number of nitrogen functional groups attached to an aromatic ring is 2. The quantitative estimate of drug-likeness (QED) is 0.652. The third-order valence-electron chi connectivity index (χ3n) is 2.03. The summed E-state index contributed by atoms with van der Waals surface area (Å²) in [4.78, 5) is 11.8. The van der Waals surface area contributed by atoms with Gasteiger partial charge in [-0.05, 0) is 25.1 Å². The summed E-state index contributed by atoms with van der Waals surface area (Å²) in [5.41, 5.74) is 12.6. The van der Waals surface area contributed by atoms with E-state index in [0.29, 0.717) is 23.5 Å². The van der Waals surface area contributed by atoms with Crippen LogP contribution in [0.4, 0.5) is 11.4 Å². The molecule has 1 amide bonds. The van der Waals surface area contributed by atoms with E-state index in [4.69, 9.17) is 16.2 Å². The van der Waals surface area contributed by atoms with Gasteiger partial charge in [0.2, 0.25) is 0 Å². The van der Waals surface area contributed by atoms with Crippen molar-refractivity contribution in [2.45, 2.75) is 13.0 Å². The Hall–Kier alpha value is -1.75. The van der Waals surface area contributed by atoms with Crippen LogP contribution in [0.2, 0.25) is 0 Å². The molecule has 1 aromatic carbocycles. The summed E-state index contributed by atoms with van der Waals surface area (Å²) in [5, 5.41) is 2.78. The highest BCUT2D eigenvalue weighted by Gasteiger charge is 2.10. The zero-order valence-corrected chi connectivity index (χ0v) is 9.49. The number of methoxy groups -OCH3 is 1. The molecule has 0 aliphatic carbocycles. The van der Waals surface area contributed by atoms with E-state index in [1.54, 1.807) is 25.3 Å². The van der Waals surface area contributed by atoms with Crippen LogP contribution in [0.1, 0.15) is 17.3 Å². The number of nitrogens with two attached hydrogens (primary N) is 2. The number of carbonyl (C=O) groups is 1. The third-order valence-corrected chi connectivity index (χ3v) is 2.03. The van der Waals surface area contributed by atoms with Gasteiger partial charge in [-0.1, -0.05) is 0 Å².